The maximum Gasteiger partial charge on any atom is 0.312 e. The normalized spacial score (nSPS) is 13.2. The smallest absolute Gasteiger partial charge is 0.312 e. The van der Waals surface area contributed by atoms with Crippen molar-refractivity contribution in [3.63, 3.8) is 0 Å². The fourth-order valence-corrected chi connectivity index (χ4v) is 3.68. The van der Waals surface area contributed by atoms with E-state index in [0.717, 1.165) is 16.9 Å². The van der Waals surface area contributed by atoms with Crippen molar-refractivity contribution in [2.24, 2.45) is 11.7 Å². The summed E-state index contributed by atoms with van der Waals surface area (Å²) in [6.07, 6.45) is 1.14. The van der Waals surface area contributed by atoms with E-state index in [0.29, 0.717) is 0 Å². The number of rotatable bonds is 8. The second kappa shape index (κ2) is 9.38. The summed E-state index contributed by atoms with van der Waals surface area (Å²) in [4.78, 5) is 24.8. The van der Waals surface area contributed by atoms with Gasteiger partial charge in [-0.3, -0.25) is 4.79 Å². The first kappa shape index (κ1) is 20.0. The van der Waals surface area contributed by atoms with Crippen molar-refractivity contribution >= 4 is 23.3 Å². The summed E-state index contributed by atoms with van der Waals surface area (Å²) in [5.41, 5.74) is 7.62. The average molecular weight is 374 g/mol. The maximum atomic E-state index is 12.6. The molecule has 1 aromatic heterocycles. The molecule has 0 radical (unpaired) electrons. The number of thiophene rings is 1. The van der Waals surface area contributed by atoms with Gasteiger partial charge >= 0.3 is 6.03 Å². The fourth-order valence-electron chi connectivity index (χ4n) is 2.90. The average Bonchev–Trinajstić information content (AvgIpc) is 3.13. The molecule has 0 aliphatic heterocycles. The highest BCUT2D eigenvalue weighted by molar-refractivity contribution is 7.10. The van der Waals surface area contributed by atoms with Gasteiger partial charge in [0.05, 0.1) is 18.5 Å². The summed E-state index contributed by atoms with van der Waals surface area (Å²) in [5.74, 6) is 0.131. The van der Waals surface area contributed by atoms with Crippen molar-refractivity contribution < 1.29 is 9.59 Å². The van der Waals surface area contributed by atoms with Gasteiger partial charge in [-0.05, 0) is 34.9 Å². The first-order valence-corrected chi connectivity index (χ1v) is 9.76. The number of benzene rings is 1. The summed E-state index contributed by atoms with van der Waals surface area (Å²) in [6, 6.07) is 11.0. The maximum absolute atomic E-state index is 12.6. The van der Waals surface area contributed by atoms with E-state index in [2.05, 4.69) is 55.7 Å². The van der Waals surface area contributed by atoms with Gasteiger partial charge in [0, 0.05) is 4.88 Å². The van der Waals surface area contributed by atoms with Crippen LogP contribution in [-0.2, 0) is 11.2 Å². The van der Waals surface area contributed by atoms with Crippen LogP contribution in [0.4, 0.5) is 4.79 Å². The summed E-state index contributed by atoms with van der Waals surface area (Å²) in [5, 5.41) is 7.68. The lowest BCUT2D eigenvalue weighted by atomic mass is 9.94. The number of urea groups is 1. The lowest BCUT2D eigenvalue weighted by Gasteiger charge is -2.24. The zero-order valence-corrected chi connectivity index (χ0v) is 16.3. The number of aryl methyl sites for hydroxylation is 1. The molecular weight excluding hydrogens is 346 g/mol. The molecule has 2 unspecified atom stereocenters. The van der Waals surface area contributed by atoms with Crippen LogP contribution in [0.5, 0.6) is 0 Å². The van der Waals surface area contributed by atoms with Gasteiger partial charge in [-0.15, -0.1) is 11.3 Å². The molecule has 3 amide bonds. The summed E-state index contributed by atoms with van der Waals surface area (Å²) in [7, 11) is 0. The zero-order valence-electron chi connectivity index (χ0n) is 15.5. The monoisotopic (exact) mass is 373 g/mol. The van der Waals surface area contributed by atoms with E-state index in [9.17, 15) is 9.59 Å². The van der Waals surface area contributed by atoms with E-state index in [4.69, 9.17) is 5.73 Å². The van der Waals surface area contributed by atoms with Crippen LogP contribution in [0.15, 0.2) is 41.8 Å². The van der Waals surface area contributed by atoms with Gasteiger partial charge in [-0.1, -0.05) is 51.1 Å². The van der Waals surface area contributed by atoms with Gasteiger partial charge in [0.25, 0.3) is 0 Å². The highest BCUT2D eigenvalue weighted by Crippen LogP contribution is 2.25. The van der Waals surface area contributed by atoms with E-state index < -0.39 is 12.1 Å². The Balaban J connectivity index is 2.09. The van der Waals surface area contributed by atoms with Crippen LogP contribution in [-0.4, -0.2) is 11.9 Å². The quantitative estimate of drug-likeness (QED) is 0.655. The third kappa shape index (κ3) is 5.59. The lowest BCUT2D eigenvalue weighted by molar-refractivity contribution is -0.122. The Hall–Kier alpha value is -2.34. The van der Waals surface area contributed by atoms with Gasteiger partial charge < -0.3 is 16.4 Å². The minimum Gasteiger partial charge on any atom is -0.352 e. The summed E-state index contributed by atoms with van der Waals surface area (Å²) in [6.45, 7) is 6.28. The van der Waals surface area contributed by atoms with E-state index in [1.54, 1.807) is 0 Å². The second-order valence-corrected chi connectivity index (χ2v) is 7.64. The molecule has 2 aromatic rings. The van der Waals surface area contributed by atoms with Crippen LogP contribution in [0.2, 0.25) is 0 Å². The van der Waals surface area contributed by atoms with Crippen molar-refractivity contribution in [2.75, 3.05) is 0 Å². The van der Waals surface area contributed by atoms with Gasteiger partial charge in [0.2, 0.25) is 5.91 Å². The van der Waals surface area contributed by atoms with Crippen LogP contribution in [0.3, 0.4) is 0 Å². The first-order valence-electron chi connectivity index (χ1n) is 8.88. The molecule has 6 heteroatoms. The highest BCUT2D eigenvalue weighted by atomic mass is 32.1. The third-order valence-corrected chi connectivity index (χ3v) is 5.31. The molecule has 0 aliphatic carbocycles. The highest BCUT2D eigenvalue weighted by Gasteiger charge is 2.22. The number of nitrogens with two attached hydrogens (primary N) is 1. The minimum atomic E-state index is -0.633. The van der Waals surface area contributed by atoms with Crippen molar-refractivity contribution in [3.05, 3.63) is 57.8 Å². The molecule has 0 saturated carbocycles. The van der Waals surface area contributed by atoms with Gasteiger partial charge in [-0.2, -0.15) is 0 Å². The molecule has 0 saturated heterocycles. The van der Waals surface area contributed by atoms with Crippen LogP contribution < -0.4 is 16.4 Å². The van der Waals surface area contributed by atoms with Crippen LogP contribution in [0.25, 0.3) is 0 Å². The molecule has 5 nitrogen and oxygen atoms in total. The topological polar surface area (TPSA) is 84.2 Å². The molecule has 0 spiro atoms. The lowest BCUT2D eigenvalue weighted by Crippen LogP contribution is -2.38. The number of nitrogens with one attached hydrogen (secondary N) is 2. The summed E-state index contributed by atoms with van der Waals surface area (Å²) >= 11 is 1.49. The van der Waals surface area contributed by atoms with Crippen LogP contribution in [0.1, 0.15) is 55.3 Å². The number of carbonyl (C=O) groups excluding carboxylic acids is 2. The Morgan fingerprint density at radius 1 is 1.12 bits per heavy atom. The Bertz CT molecular complexity index is 711. The molecule has 1 aromatic carbocycles. The molecule has 140 valence electrons. The minimum absolute atomic E-state index is 0.0778. The van der Waals surface area contributed by atoms with Crippen molar-refractivity contribution in [1.29, 1.82) is 0 Å². The standard InChI is InChI=1S/C20H27N3O2S/c1-4-14-7-9-15(10-8-14)19(13(2)3)23-18(24)12-16(22-20(21)25)17-6-5-11-26-17/h5-11,13,16,19H,4,12H2,1-3H3,(H,23,24)(H3,21,22,25). The molecule has 26 heavy (non-hydrogen) atoms. The Morgan fingerprint density at radius 3 is 2.31 bits per heavy atom. The Labute approximate surface area is 159 Å². The number of carbonyl (C=O) groups is 2. The number of hydrogen-bond donors (Lipinski definition) is 3. The van der Waals surface area contributed by atoms with E-state index in [1.807, 2.05) is 17.5 Å². The molecule has 2 atom stereocenters. The SMILES string of the molecule is CCc1ccc(C(NC(=O)CC(NC(N)=O)c2cccs2)C(C)C)cc1. The zero-order chi connectivity index (χ0) is 19.1. The van der Waals surface area contributed by atoms with Crippen molar-refractivity contribution in [3.8, 4) is 0 Å². The van der Waals surface area contributed by atoms with Gasteiger partial charge in [0.15, 0.2) is 0 Å². The summed E-state index contributed by atoms with van der Waals surface area (Å²) < 4.78 is 0. The largest absolute Gasteiger partial charge is 0.352 e. The molecule has 0 aliphatic rings. The Morgan fingerprint density at radius 2 is 1.81 bits per heavy atom. The molecule has 0 fully saturated rings. The number of primary amides is 1. The van der Waals surface area contributed by atoms with Crippen LogP contribution in [0, 0.1) is 5.92 Å². The van der Waals surface area contributed by atoms with Gasteiger partial charge in [-0.25, -0.2) is 4.79 Å². The predicted molar refractivity (Wildman–Crippen MR) is 106 cm³/mol. The first-order chi connectivity index (χ1) is 12.4. The molecule has 0 bridgehead atoms. The number of hydrogen-bond acceptors (Lipinski definition) is 3. The molecule has 1 heterocycles. The van der Waals surface area contributed by atoms with Crippen LogP contribution >= 0.6 is 11.3 Å². The second-order valence-electron chi connectivity index (χ2n) is 6.67. The molecule has 4 N–H and O–H groups in total. The van der Waals surface area contributed by atoms with E-state index in [1.165, 1.54) is 16.9 Å². The predicted octanol–water partition coefficient (Wildman–Crippen LogP) is 3.92. The molecular formula is C20H27N3O2S. The Kier molecular flexibility index (Phi) is 7.21. The number of amides is 3. The third-order valence-electron chi connectivity index (χ3n) is 4.32. The van der Waals surface area contributed by atoms with Gasteiger partial charge in [0.1, 0.15) is 0 Å². The molecule has 2 rings (SSSR count). The van der Waals surface area contributed by atoms with E-state index >= 15 is 0 Å². The van der Waals surface area contributed by atoms with Crippen molar-refractivity contribution in [1.82, 2.24) is 10.6 Å². The fraction of sp³-hybridized carbons (Fsp3) is 0.400. The van der Waals surface area contributed by atoms with E-state index in [-0.39, 0.29) is 24.3 Å². The van der Waals surface area contributed by atoms with Crippen molar-refractivity contribution in [2.45, 2.75) is 45.7 Å².